The van der Waals surface area contributed by atoms with Crippen LogP contribution in [-0.4, -0.2) is 51.8 Å². The van der Waals surface area contributed by atoms with Crippen LogP contribution in [0.3, 0.4) is 0 Å². The van der Waals surface area contributed by atoms with Crippen molar-refractivity contribution >= 4 is 11.6 Å². The molecule has 2 heterocycles. The van der Waals surface area contributed by atoms with Gasteiger partial charge in [0.1, 0.15) is 0 Å². The predicted octanol–water partition coefficient (Wildman–Crippen LogP) is 0.0316. The van der Waals surface area contributed by atoms with Crippen LogP contribution in [0.1, 0.15) is 17.8 Å². The number of anilines is 1. The van der Waals surface area contributed by atoms with Gasteiger partial charge >= 0.3 is 0 Å². The van der Waals surface area contributed by atoms with Crippen LogP contribution in [0.4, 0.5) is 5.69 Å². The third-order valence-electron chi connectivity index (χ3n) is 3.01. The highest BCUT2D eigenvalue weighted by molar-refractivity contribution is 5.93. The van der Waals surface area contributed by atoms with E-state index in [-0.39, 0.29) is 12.0 Å². The van der Waals surface area contributed by atoms with E-state index in [4.69, 9.17) is 0 Å². The van der Waals surface area contributed by atoms with Crippen molar-refractivity contribution in [1.29, 1.82) is 0 Å². The molecule has 0 unspecified atom stereocenters. The van der Waals surface area contributed by atoms with Gasteiger partial charge in [0.05, 0.1) is 29.7 Å². The maximum Gasteiger partial charge on any atom is 0.238 e. The van der Waals surface area contributed by atoms with Crippen molar-refractivity contribution in [3.8, 4) is 0 Å². The molecule has 1 aromatic rings. The van der Waals surface area contributed by atoms with Crippen LogP contribution in [0.2, 0.25) is 0 Å². The summed E-state index contributed by atoms with van der Waals surface area (Å²) in [5, 5.41) is 19.1. The number of hydrogen-bond acceptors (Lipinski definition) is 4. The Bertz CT molecular complexity index is 396. The molecule has 6 heteroatoms. The van der Waals surface area contributed by atoms with Crippen LogP contribution in [0.25, 0.3) is 0 Å². The van der Waals surface area contributed by atoms with E-state index in [1.165, 1.54) is 0 Å². The summed E-state index contributed by atoms with van der Waals surface area (Å²) in [4.78, 5) is 13.8. The predicted molar refractivity (Wildman–Crippen MR) is 63.8 cm³/mol. The number of rotatable bonds is 3. The highest BCUT2D eigenvalue weighted by Gasteiger charge is 2.22. The van der Waals surface area contributed by atoms with Gasteiger partial charge in [-0.25, -0.2) is 0 Å². The summed E-state index contributed by atoms with van der Waals surface area (Å²) < 4.78 is 0. The summed E-state index contributed by atoms with van der Waals surface area (Å²) in [5.74, 6) is -0.0632. The lowest BCUT2D eigenvalue weighted by Crippen LogP contribution is -2.32. The number of H-pyrrole nitrogens is 1. The van der Waals surface area contributed by atoms with Crippen molar-refractivity contribution in [2.75, 3.05) is 25.0 Å². The van der Waals surface area contributed by atoms with Gasteiger partial charge in [-0.2, -0.15) is 5.10 Å². The number of hydrogen-bond donors (Lipinski definition) is 3. The zero-order valence-corrected chi connectivity index (χ0v) is 10.2. The fourth-order valence-corrected chi connectivity index (χ4v) is 2.07. The average Bonchev–Trinajstić information content (AvgIpc) is 2.79. The number of aromatic nitrogens is 2. The van der Waals surface area contributed by atoms with Crippen LogP contribution in [0, 0.1) is 13.8 Å². The maximum absolute atomic E-state index is 11.8. The first-order valence-electron chi connectivity index (χ1n) is 5.78. The normalized spacial score (nSPS) is 20.8. The van der Waals surface area contributed by atoms with Crippen LogP contribution in [0.15, 0.2) is 0 Å². The number of carbonyl (C=O) groups is 1. The lowest BCUT2D eigenvalue weighted by atomic mass is 10.3. The molecule has 1 fully saturated rings. The minimum Gasteiger partial charge on any atom is -0.392 e. The van der Waals surface area contributed by atoms with Gasteiger partial charge in [0, 0.05) is 13.1 Å². The van der Waals surface area contributed by atoms with Crippen molar-refractivity contribution in [2.24, 2.45) is 0 Å². The Kier molecular flexibility index (Phi) is 3.44. The number of amides is 1. The fraction of sp³-hybridized carbons (Fsp3) is 0.636. The summed E-state index contributed by atoms with van der Waals surface area (Å²) >= 11 is 0. The van der Waals surface area contributed by atoms with E-state index in [0.29, 0.717) is 13.1 Å². The smallest absolute Gasteiger partial charge is 0.238 e. The number of aliphatic hydroxyl groups excluding tert-OH is 1. The second-order valence-electron chi connectivity index (χ2n) is 4.53. The van der Waals surface area contributed by atoms with E-state index in [9.17, 15) is 9.90 Å². The first-order valence-corrected chi connectivity index (χ1v) is 5.78. The van der Waals surface area contributed by atoms with Crippen LogP contribution >= 0.6 is 0 Å². The summed E-state index contributed by atoms with van der Waals surface area (Å²) in [7, 11) is 0. The molecule has 0 radical (unpaired) electrons. The lowest BCUT2D eigenvalue weighted by Gasteiger charge is -2.14. The lowest BCUT2D eigenvalue weighted by molar-refractivity contribution is -0.117. The Morgan fingerprint density at radius 3 is 2.94 bits per heavy atom. The van der Waals surface area contributed by atoms with E-state index in [0.717, 1.165) is 30.0 Å². The van der Waals surface area contributed by atoms with E-state index < -0.39 is 0 Å². The molecule has 1 atom stereocenters. The highest BCUT2D eigenvalue weighted by atomic mass is 16.3. The summed E-state index contributed by atoms with van der Waals surface area (Å²) in [6.07, 6.45) is 0.456. The quantitative estimate of drug-likeness (QED) is 0.694. The van der Waals surface area contributed by atoms with Gasteiger partial charge in [0.25, 0.3) is 0 Å². The fourth-order valence-electron chi connectivity index (χ4n) is 2.07. The molecular weight excluding hydrogens is 220 g/mol. The van der Waals surface area contributed by atoms with Gasteiger partial charge in [0.2, 0.25) is 5.91 Å². The largest absolute Gasteiger partial charge is 0.392 e. The second-order valence-corrected chi connectivity index (χ2v) is 4.53. The molecule has 3 N–H and O–H groups in total. The van der Waals surface area contributed by atoms with Gasteiger partial charge in [-0.1, -0.05) is 0 Å². The number of aryl methyl sites for hydroxylation is 2. The van der Waals surface area contributed by atoms with E-state index >= 15 is 0 Å². The Morgan fingerprint density at radius 2 is 2.41 bits per heavy atom. The molecule has 2 rings (SSSR count). The topological polar surface area (TPSA) is 81.2 Å². The van der Waals surface area contributed by atoms with Crippen molar-refractivity contribution in [3.63, 3.8) is 0 Å². The molecule has 0 saturated carbocycles. The molecule has 1 amide bonds. The molecule has 0 spiro atoms. The second kappa shape index (κ2) is 4.85. The minimum absolute atomic E-state index is 0.0632. The summed E-state index contributed by atoms with van der Waals surface area (Å²) in [5.41, 5.74) is 2.41. The number of aliphatic hydroxyl groups is 1. The van der Waals surface area contributed by atoms with Crippen molar-refractivity contribution in [2.45, 2.75) is 26.4 Å². The number of nitrogens with one attached hydrogen (secondary N) is 2. The summed E-state index contributed by atoms with van der Waals surface area (Å²) in [6, 6.07) is 0. The first kappa shape index (κ1) is 12.1. The van der Waals surface area contributed by atoms with Gasteiger partial charge < -0.3 is 10.4 Å². The maximum atomic E-state index is 11.8. The Morgan fingerprint density at radius 1 is 1.65 bits per heavy atom. The third kappa shape index (κ3) is 2.83. The summed E-state index contributed by atoms with van der Waals surface area (Å²) in [6.45, 7) is 5.39. The molecule has 1 aliphatic heterocycles. The minimum atomic E-state index is -0.291. The van der Waals surface area contributed by atoms with Crippen molar-refractivity contribution in [3.05, 3.63) is 11.4 Å². The molecule has 1 aromatic heterocycles. The third-order valence-corrected chi connectivity index (χ3v) is 3.01. The zero-order valence-electron chi connectivity index (χ0n) is 10.2. The van der Waals surface area contributed by atoms with E-state index in [1.54, 1.807) is 0 Å². The van der Waals surface area contributed by atoms with Crippen LogP contribution in [0.5, 0.6) is 0 Å². The molecule has 1 aliphatic rings. The molecule has 94 valence electrons. The molecule has 0 aromatic carbocycles. The first-order chi connectivity index (χ1) is 8.06. The molecule has 17 heavy (non-hydrogen) atoms. The van der Waals surface area contributed by atoms with Gasteiger partial charge in [-0.3, -0.25) is 14.8 Å². The number of β-amino-alcohol motifs (C(OH)–C–C–N with tert-alkyl or cyclic N) is 1. The van der Waals surface area contributed by atoms with Crippen molar-refractivity contribution in [1.82, 2.24) is 15.1 Å². The number of carbonyl (C=O) groups excluding carboxylic acids is 1. The molecule has 0 bridgehead atoms. The van der Waals surface area contributed by atoms with E-state index in [2.05, 4.69) is 15.5 Å². The zero-order chi connectivity index (χ0) is 12.4. The highest BCUT2D eigenvalue weighted by Crippen LogP contribution is 2.16. The Labute approximate surface area is 100 Å². The van der Waals surface area contributed by atoms with Gasteiger partial charge in [-0.15, -0.1) is 0 Å². The van der Waals surface area contributed by atoms with Gasteiger partial charge in [-0.05, 0) is 20.3 Å². The van der Waals surface area contributed by atoms with Crippen molar-refractivity contribution < 1.29 is 9.90 Å². The average molecular weight is 238 g/mol. The molecule has 0 aliphatic carbocycles. The number of aromatic amines is 1. The molecule has 6 nitrogen and oxygen atoms in total. The number of likely N-dealkylation sites (tertiary alicyclic amines) is 1. The Hall–Kier alpha value is -1.40. The van der Waals surface area contributed by atoms with E-state index in [1.807, 2.05) is 18.7 Å². The van der Waals surface area contributed by atoms with Crippen LogP contribution in [-0.2, 0) is 4.79 Å². The molecule has 1 saturated heterocycles. The SMILES string of the molecule is Cc1n[nH]c(C)c1NC(=O)CN1CC[C@@H](O)C1. The van der Waals surface area contributed by atoms with Gasteiger partial charge in [0.15, 0.2) is 0 Å². The number of nitrogens with zero attached hydrogens (tertiary/aromatic N) is 2. The van der Waals surface area contributed by atoms with Crippen LogP contribution < -0.4 is 5.32 Å². The Balaban J connectivity index is 1.89. The molecular formula is C11H18N4O2. The monoisotopic (exact) mass is 238 g/mol. The standard InChI is InChI=1S/C11H18N4O2/c1-7-11(8(2)14-13-7)12-10(17)6-15-4-3-9(16)5-15/h9,16H,3-6H2,1-2H3,(H,12,17)(H,13,14)/t9-/m1/s1.